The Morgan fingerprint density at radius 2 is 1.76 bits per heavy atom. The minimum Gasteiger partial charge on any atom is -0.325 e. The molecule has 0 aliphatic carbocycles. The van der Waals surface area contributed by atoms with Gasteiger partial charge >= 0.3 is 6.18 Å². The predicted molar refractivity (Wildman–Crippen MR) is 104 cm³/mol. The third-order valence-corrected chi connectivity index (χ3v) is 4.68. The van der Waals surface area contributed by atoms with Crippen LogP contribution in [0.15, 0.2) is 48.5 Å². The van der Waals surface area contributed by atoms with Crippen molar-refractivity contribution in [2.45, 2.75) is 25.6 Å². The Labute approximate surface area is 167 Å². The molecular weight excluding hydrogens is 383 g/mol. The maximum atomic E-state index is 12.6. The van der Waals surface area contributed by atoms with Crippen molar-refractivity contribution in [2.75, 3.05) is 30.4 Å². The van der Waals surface area contributed by atoms with Gasteiger partial charge in [-0.2, -0.15) is 13.2 Å². The Hall–Kier alpha value is -2.87. The molecule has 8 heteroatoms. The predicted octanol–water partition coefficient (Wildman–Crippen LogP) is 3.90. The zero-order valence-electron chi connectivity index (χ0n) is 16.0. The van der Waals surface area contributed by atoms with Crippen LogP contribution in [-0.2, 0) is 22.3 Å². The number of rotatable bonds is 6. The highest BCUT2D eigenvalue weighted by atomic mass is 19.4. The largest absolute Gasteiger partial charge is 0.416 e. The first kappa shape index (κ1) is 20.9. The molecule has 154 valence electrons. The number of carbonyl (C=O) groups excluding carboxylic acids is 2. The first-order valence-electron chi connectivity index (χ1n) is 9.27. The zero-order valence-corrected chi connectivity index (χ0v) is 16.0. The average molecular weight is 405 g/mol. The first-order valence-corrected chi connectivity index (χ1v) is 9.27. The van der Waals surface area contributed by atoms with Gasteiger partial charge in [-0.3, -0.25) is 14.5 Å². The van der Waals surface area contributed by atoms with Crippen LogP contribution in [0, 0.1) is 0 Å². The van der Waals surface area contributed by atoms with Gasteiger partial charge in [0.2, 0.25) is 11.8 Å². The summed E-state index contributed by atoms with van der Waals surface area (Å²) in [6.45, 7) is 1.15. The first-order chi connectivity index (χ1) is 13.7. The van der Waals surface area contributed by atoms with E-state index < -0.39 is 11.7 Å². The highest BCUT2D eigenvalue weighted by molar-refractivity contribution is 5.96. The van der Waals surface area contributed by atoms with Gasteiger partial charge in [0.25, 0.3) is 0 Å². The van der Waals surface area contributed by atoms with Crippen molar-refractivity contribution >= 4 is 23.2 Å². The van der Waals surface area contributed by atoms with Gasteiger partial charge in [0.1, 0.15) is 0 Å². The lowest BCUT2D eigenvalue weighted by atomic mass is 10.1. The molecule has 1 aliphatic heterocycles. The minimum absolute atomic E-state index is 0.0907. The molecule has 2 amide bonds. The van der Waals surface area contributed by atoms with Crippen LogP contribution >= 0.6 is 0 Å². The highest BCUT2D eigenvalue weighted by Gasteiger charge is 2.30. The van der Waals surface area contributed by atoms with Crippen molar-refractivity contribution < 1.29 is 22.8 Å². The number of halogens is 3. The summed E-state index contributed by atoms with van der Waals surface area (Å²) in [5.74, 6) is -0.129. The van der Waals surface area contributed by atoms with E-state index in [-0.39, 0.29) is 18.4 Å². The van der Waals surface area contributed by atoms with Crippen molar-refractivity contribution in [3.8, 4) is 0 Å². The Balaban J connectivity index is 1.50. The molecule has 1 aliphatic rings. The molecule has 0 unspecified atom stereocenters. The van der Waals surface area contributed by atoms with Gasteiger partial charge in [-0.1, -0.05) is 12.1 Å². The number of amides is 2. The van der Waals surface area contributed by atoms with Gasteiger partial charge in [-0.05, 0) is 55.4 Å². The number of benzene rings is 2. The van der Waals surface area contributed by atoms with E-state index in [2.05, 4.69) is 5.32 Å². The maximum absolute atomic E-state index is 12.6. The summed E-state index contributed by atoms with van der Waals surface area (Å²) in [6.07, 6.45) is -2.95. The van der Waals surface area contributed by atoms with Crippen LogP contribution in [0.1, 0.15) is 24.0 Å². The van der Waals surface area contributed by atoms with Crippen LogP contribution in [-0.4, -0.2) is 36.9 Å². The second kappa shape index (κ2) is 8.65. The van der Waals surface area contributed by atoms with Gasteiger partial charge in [0.05, 0.1) is 12.1 Å². The zero-order chi connectivity index (χ0) is 21.0. The monoisotopic (exact) mass is 405 g/mol. The molecule has 0 spiro atoms. The molecule has 0 atom stereocenters. The third kappa shape index (κ3) is 5.57. The third-order valence-electron chi connectivity index (χ3n) is 4.68. The molecule has 5 nitrogen and oxygen atoms in total. The van der Waals surface area contributed by atoms with E-state index >= 15 is 0 Å². The average Bonchev–Trinajstić information content (AvgIpc) is 3.08. The fraction of sp³-hybridized carbons (Fsp3) is 0.333. The van der Waals surface area contributed by atoms with E-state index in [1.165, 1.54) is 12.1 Å². The Kier molecular flexibility index (Phi) is 6.22. The summed E-state index contributed by atoms with van der Waals surface area (Å²) in [7, 11) is 1.72. The maximum Gasteiger partial charge on any atom is 0.416 e. The molecule has 0 radical (unpaired) electrons. The van der Waals surface area contributed by atoms with Crippen molar-refractivity contribution in [2.24, 2.45) is 0 Å². The van der Waals surface area contributed by atoms with Crippen LogP contribution < -0.4 is 10.2 Å². The van der Waals surface area contributed by atoms with Crippen LogP contribution in [0.4, 0.5) is 24.5 Å². The van der Waals surface area contributed by atoms with E-state index in [1.807, 2.05) is 0 Å². The fourth-order valence-corrected chi connectivity index (χ4v) is 3.26. The molecule has 0 saturated carbocycles. The number of alkyl halides is 3. The Bertz CT molecular complexity index is 864. The van der Waals surface area contributed by atoms with E-state index in [0.717, 1.165) is 24.2 Å². The summed E-state index contributed by atoms with van der Waals surface area (Å²) >= 11 is 0. The molecule has 1 saturated heterocycles. The molecule has 2 aromatic carbocycles. The molecule has 1 N–H and O–H groups in total. The lowest BCUT2D eigenvalue weighted by Gasteiger charge is -2.18. The normalized spacial score (nSPS) is 14.5. The second-order valence-electron chi connectivity index (χ2n) is 7.11. The van der Waals surface area contributed by atoms with Crippen molar-refractivity contribution in [1.82, 2.24) is 4.90 Å². The van der Waals surface area contributed by atoms with Gasteiger partial charge in [0.15, 0.2) is 0 Å². The van der Waals surface area contributed by atoms with Crippen molar-refractivity contribution in [3.63, 3.8) is 0 Å². The number of nitrogens with one attached hydrogen (secondary N) is 1. The van der Waals surface area contributed by atoms with Crippen LogP contribution in [0.2, 0.25) is 0 Å². The summed E-state index contributed by atoms with van der Waals surface area (Å²) in [6, 6.07) is 12.0. The van der Waals surface area contributed by atoms with Gasteiger partial charge in [-0.25, -0.2) is 0 Å². The molecule has 1 heterocycles. The fourth-order valence-electron chi connectivity index (χ4n) is 3.26. The summed E-state index contributed by atoms with van der Waals surface area (Å²) in [5, 5.41) is 2.78. The van der Waals surface area contributed by atoms with Crippen molar-refractivity contribution in [3.05, 3.63) is 59.7 Å². The molecule has 29 heavy (non-hydrogen) atoms. The topological polar surface area (TPSA) is 52.7 Å². The van der Waals surface area contributed by atoms with Gasteiger partial charge < -0.3 is 10.2 Å². The highest BCUT2D eigenvalue weighted by Crippen LogP contribution is 2.29. The second-order valence-corrected chi connectivity index (χ2v) is 7.11. The molecule has 0 bridgehead atoms. The Morgan fingerprint density at radius 3 is 2.31 bits per heavy atom. The van der Waals surface area contributed by atoms with Crippen LogP contribution in [0.25, 0.3) is 0 Å². The number of hydrogen-bond acceptors (Lipinski definition) is 3. The SMILES string of the molecule is CN(CC(=O)Nc1ccc(N2CCCC2=O)cc1)Cc1ccc(C(F)(F)F)cc1. The molecular formula is C21H22F3N3O2. The number of carbonyl (C=O) groups is 2. The number of nitrogens with zero attached hydrogens (tertiary/aromatic N) is 2. The van der Waals surface area contributed by atoms with E-state index in [4.69, 9.17) is 0 Å². The molecule has 2 aromatic rings. The molecule has 1 fully saturated rings. The summed E-state index contributed by atoms with van der Waals surface area (Å²) in [4.78, 5) is 27.4. The summed E-state index contributed by atoms with van der Waals surface area (Å²) in [5.41, 5.74) is 1.42. The minimum atomic E-state index is -4.36. The Morgan fingerprint density at radius 1 is 1.10 bits per heavy atom. The standard InChI is InChI=1S/C21H22F3N3O2/c1-26(13-15-4-6-16(7-5-15)21(22,23)24)14-19(28)25-17-8-10-18(11-9-17)27-12-2-3-20(27)29/h4-11H,2-3,12-14H2,1H3,(H,25,28). The summed E-state index contributed by atoms with van der Waals surface area (Å²) < 4.78 is 37.8. The lowest BCUT2D eigenvalue weighted by Crippen LogP contribution is -2.29. The van der Waals surface area contributed by atoms with E-state index in [0.29, 0.717) is 30.8 Å². The lowest BCUT2D eigenvalue weighted by molar-refractivity contribution is -0.137. The van der Waals surface area contributed by atoms with Crippen LogP contribution in [0.5, 0.6) is 0 Å². The quantitative estimate of drug-likeness (QED) is 0.793. The molecule has 3 rings (SSSR count). The van der Waals surface area contributed by atoms with E-state index in [1.54, 1.807) is 41.1 Å². The van der Waals surface area contributed by atoms with Gasteiger partial charge in [0, 0.05) is 30.9 Å². The smallest absolute Gasteiger partial charge is 0.325 e. The van der Waals surface area contributed by atoms with Crippen molar-refractivity contribution in [1.29, 1.82) is 0 Å². The molecule has 0 aromatic heterocycles. The van der Waals surface area contributed by atoms with Gasteiger partial charge in [-0.15, -0.1) is 0 Å². The number of hydrogen-bond donors (Lipinski definition) is 1. The van der Waals surface area contributed by atoms with Crippen LogP contribution in [0.3, 0.4) is 0 Å². The number of likely N-dealkylation sites (N-methyl/N-ethyl adjacent to an activating group) is 1. The van der Waals surface area contributed by atoms with E-state index in [9.17, 15) is 22.8 Å². The number of anilines is 2.